The van der Waals surface area contributed by atoms with Crippen LogP contribution in [0.1, 0.15) is 104 Å². The van der Waals surface area contributed by atoms with Gasteiger partial charge in [0.15, 0.2) is 5.82 Å². The van der Waals surface area contributed by atoms with Crippen LogP contribution in [0.3, 0.4) is 0 Å². The van der Waals surface area contributed by atoms with Gasteiger partial charge in [0.1, 0.15) is 5.82 Å². The predicted molar refractivity (Wildman–Crippen MR) is 168 cm³/mol. The maximum Gasteiger partial charge on any atom is 0.152 e. The molecular weight excluding hydrogens is 491 g/mol. The fourth-order valence-electron chi connectivity index (χ4n) is 5.02. The molecule has 212 valence electrons. The minimum atomic E-state index is -0.172. The fraction of sp³-hybridized carbons (Fsp3) is 0.562. The van der Waals surface area contributed by atoms with Crippen LogP contribution in [0.2, 0.25) is 0 Å². The lowest BCUT2D eigenvalue weighted by Crippen LogP contribution is -2.12. The van der Waals surface area contributed by atoms with Crippen molar-refractivity contribution in [1.82, 2.24) is 10.2 Å². The van der Waals surface area contributed by atoms with E-state index in [1.807, 2.05) is 39.0 Å². The first-order valence-corrected chi connectivity index (χ1v) is 15.1. The third-order valence-corrected chi connectivity index (χ3v) is 7.06. The normalized spacial score (nSPS) is 17.8. The smallest absolute Gasteiger partial charge is 0.152 e. The number of aromatic nitrogens is 2. The first-order chi connectivity index (χ1) is 18.2. The van der Waals surface area contributed by atoms with Crippen molar-refractivity contribution in [2.45, 2.75) is 99.8 Å². The molecule has 1 aromatic carbocycles. The molecule has 0 saturated heterocycles. The zero-order valence-electron chi connectivity index (χ0n) is 25.1. The van der Waals surface area contributed by atoms with Crippen molar-refractivity contribution < 1.29 is 4.39 Å². The van der Waals surface area contributed by atoms with Crippen LogP contribution >= 0.6 is 12.6 Å². The molecule has 1 fully saturated rings. The average molecular weight is 543 g/mol. The maximum absolute atomic E-state index is 15.0. The molecule has 2 atom stereocenters. The van der Waals surface area contributed by atoms with Gasteiger partial charge in [-0.3, -0.25) is 5.10 Å². The quantitative estimate of drug-likeness (QED) is 0.145. The molecule has 2 unspecified atom stereocenters. The van der Waals surface area contributed by atoms with Crippen molar-refractivity contribution in [2.75, 3.05) is 11.6 Å². The number of rotatable bonds is 9. The van der Waals surface area contributed by atoms with E-state index < -0.39 is 0 Å². The molecule has 4 nitrogen and oxygen atoms in total. The van der Waals surface area contributed by atoms with Crippen molar-refractivity contribution in [2.24, 2.45) is 11.3 Å². The van der Waals surface area contributed by atoms with Gasteiger partial charge in [-0.15, -0.1) is 0 Å². The summed E-state index contributed by atoms with van der Waals surface area (Å²) < 4.78 is 15.0. The van der Waals surface area contributed by atoms with E-state index in [4.69, 9.17) is 5.41 Å². The van der Waals surface area contributed by atoms with Crippen LogP contribution in [0.15, 0.2) is 41.5 Å². The van der Waals surface area contributed by atoms with E-state index in [0.29, 0.717) is 29.8 Å². The highest BCUT2D eigenvalue weighted by molar-refractivity contribution is 7.79. The van der Waals surface area contributed by atoms with Gasteiger partial charge in [0, 0.05) is 23.9 Å². The number of nitrogens with one attached hydrogen (secondary N) is 3. The molecule has 0 bridgehead atoms. The molecule has 6 heteroatoms. The summed E-state index contributed by atoms with van der Waals surface area (Å²) >= 11 is 3.53. The van der Waals surface area contributed by atoms with Crippen LogP contribution in [-0.2, 0) is 12.8 Å². The Hall–Kier alpha value is -2.34. The number of anilines is 2. The van der Waals surface area contributed by atoms with E-state index in [1.165, 1.54) is 11.8 Å². The molecule has 3 rings (SSSR count). The minimum absolute atomic E-state index is 0.0429. The summed E-state index contributed by atoms with van der Waals surface area (Å²) in [5.41, 5.74) is 5.80. The van der Waals surface area contributed by atoms with Gasteiger partial charge in [-0.2, -0.15) is 17.7 Å². The van der Waals surface area contributed by atoms with Crippen LogP contribution < -0.4 is 5.32 Å². The standard InChI is InChI=1S/C29H41FN4.C2H6.CH4S/c1-7-10-20(16-23(18-31)29(4,5)6)21-11-12-22(15-21)26-17-27(34-33-26)32-25-14-13-19(8-2)24(9-3)28(25)30;2*1-2/h10,13-14,16-18,21-22,31H,7-9,11-12,15H2,1-6H3,(H2,32,33,34);1-2H3;2H,1H3/b20-10-,23-16+,31-18?;;. The van der Waals surface area contributed by atoms with Crippen LogP contribution in [0.5, 0.6) is 0 Å². The van der Waals surface area contributed by atoms with Gasteiger partial charge in [0.2, 0.25) is 0 Å². The Morgan fingerprint density at radius 3 is 2.39 bits per heavy atom. The van der Waals surface area contributed by atoms with Gasteiger partial charge in [-0.1, -0.05) is 73.6 Å². The lowest BCUT2D eigenvalue weighted by molar-refractivity contribution is 0.523. The van der Waals surface area contributed by atoms with E-state index >= 15 is 4.39 Å². The SMILES string of the molecule is CC.CC/C=C(/C=C(\C=N)C(C)(C)C)C1CCC(c2cc(Nc3ccc(CC)c(CC)c3F)n[nH]2)C1.CS. The summed E-state index contributed by atoms with van der Waals surface area (Å²) in [6, 6.07) is 5.86. The molecule has 3 N–H and O–H groups in total. The van der Waals surface area contributed by atoms with E-state index in [9.17, 15) is 0 Å². The van der Waals surface area contributed by atoms with E-state index in [-0.39, 0.29) is 11.2 Å². The number of aryl methyl sites for hydroxylation is 1. The topological polar surface area (TPSA) is 64.6 Å². The molecule has 2 aromatic rings. The number of allylic oxidation sites excluding steroid dienone is 4. The van der Waals surface area contributed by atoms with E-state index in [2.05, 4.69) is 74.9 Å². The van der Waals surface area contributed by atoms with Gasteiger partial charge in [0.25, 0.3) is 0 Å². The highest BCUT2D eigenvalue weighted by Crippen LogP contribution is 2.43. The Labute approximate surface area is 236 Å². The second-order valence-electron chi connectivity index (χ2n) is 10.4. The first-order valence-electron chi connectivity index (χ1n) is 14.2. The zero-order chi connectivity index (χ0) is 28.9. The zero-order valence-corrected chi connectivity index (χ0v) is 26.0. The van der Waals surface area contributed by atoms with Crippen LogP contribution in [-0.4, -0.2) is 22.7 Å². The third kappa shape index (κ3) is 8.86. The Bertz CT molecular complexity index is 1060. The first kappa shape index (κ1) is 33.7. The number of nitrogens with zero attached hydrogens (tertiary/aromatic N) is 1. The molecule has 1 aromatic heterocycles. The fourth-order valence-corrected chi connectivity index (χ4v) is 5.02. The lowest BCUT2D eigenvalue weighted by atomic mass is 9.83. The van der Waals surface area contributed by atoms with Crippen molar-refractivity contribution in [3.63, 3.8) is 0 Å². The molecule has 1 aliphatic rings. The van der Waals surface area contributed by atoms with Gasteiger partial charge in [-0.25, -0.2) is 4.39 Å². The predicted octanol–water partition coefficient (Wildman–Crippen LogP) is 9.83. The molecule has 1 saturated carbocycles. The third-order valence-electron chi connectivity index (χ3n) is 7.06. The Kier molecular flexibility index (Phi) is 14.7. The summed E-state index contributed by atoms with van der Waals surface area (Å²) in [6.45, 7) is 16.7. The number of hydrogen-bond donors (Lipinski definition) is 4. The molecule has 0 amide bonds. The van der Waals surface area contributed by atoms with Gasteiger partial charge < -0.3 is 10.7 Å². The highest BCUT2D eigenvalue weighted by Gasteiger charge is 2.29. The van der Waals surface area contributed by atoms with Crippen LogP contribution in [0.4, 0.5) is 15.9 Å². The molecule has 0 spiro atoms. The second-order valence-corrected chi connectivity index (χ2v) is 10.4. The van der Waals surface area contributed by atoms with Crippen molar-refractivity contribution in [3.8, 4) is 0 Å². The van der Waals surface area contributed by atoms with Gasteiger partial charge in [0.05, 0.1) is 5.69 Å². The number of benzene rings is 1. The van der Waals surface area contributed by atoms with Crippen molar-refractivity contribution in [1.29, 1.82) is 5.41 Å². The Morgan fingerprint density at radius 2 is 1.84 bits per heavy atom. The molecule has 38 heavy (non-hydrogen) atoms. The van der Waals surface area contributed by atoms with Crippen molar-refractivity contribution >= 4 is 30.3 Å². The van der Waals surface area contributed by atoms with E-state index in [0.717, 1.165) is 54.5 Å². The molecular formula is C32H51FN4S. The Morgan fingerprint density at radius 1 is 1.16 bits per heavy atom. The van der Waals surface area contributed by atoms with Gasteiger partial charge in [-0.05, 0) is 84.5 Å². The number of halogens is 1. The van der Waals surface area contributed by atoms with Crippen LogP contribution in [0, 0.1) is 22.6 Å². The molecule has 0 radical (unpaired) electrons. The van der Waals surface area contributed by atoms with Crippen molar-refractivity contribution in [3.05, 3.63) is 64.1 Å². The van der Waals surface area contributed by atoms with Crippen LogP contribution in [0.25, 0.3) is 0 Å². The Balaban J connectivity index is 0.00000172. The molecule has 0 aliphatic heterocycles. The van der Waals surface area contributed by atoms with E-state index in [1.54, 1.807) is 6.26 Å². The monoisotopic (exact) mass is 542 g/mol. The summed E-state index contributed by atoms with van der Waals surface area (Å²) in [5.74, 6) is 1.37. The summed E-state index contributed by atoms with van der Waals surface area (Å²) in [4.78, 5) is 0. The maximum atomic E-state index is 15.0. The minimum Gasteiger partial charge on any atom is -0.336 e. The molecule has 1 heterocycles. The number of hydrogen-bond acceptors (Lipinski definition) is 4. The number of aromatic amines is 1. The number of thiol groups is 1. The average Bonchev–Trinajstić information content (AvgIpc) is 3.59. The lowest BCUT2D eigenvalue weighted by Gasteiger charge is -2.22. The summed E-state index contributed by atoms with van der Waals surface area (Å²) in [7, 11) is 0. The molecule has 1 aliphatic carbocycles. The second kappa shape index (κ2) is 16.6. The number of H-pyrrole nitrogens is 1. The largest absolute Gasteiger partial charge is 0.336 e. The van der Waals surface area contributed by atoms with Gasteiger partial charge >= 0.3 is 0 Å². The summed E-state index contributed by atoms with van der Waals surface area (Å²) in [6.07, 6.45) is 13.5. The summed E-state index contributed by atoms with van der Waals surface area (Å²) in [5, 5.41) is 18.7. The highest BCUT2D eigenvalue weighted by atomic mass is 32.1.